The molecule has 1 aliphatic rings. The van der Waals surface area contributed by atoms with Crippen molar-refractivity contribution in [2.45, 2.75) is 35.5 Å². The zero-order valence-corrected chi connectivity index (χ0v) is 12.1. The van der Waals surface area contributed by atoms with Crippen LogP contribution in [-0.4, -0.2) is 20.8 Å². The molecule has 2 N–H and O–H groups in total. The fourth-order valence-corrected chi connectivity index (χ4v) is 2.68. The van der Waals surface area contributed by atoms with Crippen LogP contribution in [0.4, 0.5) is 8.78 Å². The topological polar surface area (TPSA) is 62.7 Å². The number of rotatable bonds is 5. The van der Waals surface area contributed by atoms with Crippen molar-refractivity contribution in [2.24, 2.45) is 7.05 Å². The van der Waals surface area contributed by atoms with Gasteiger partial charge in [-0.1, -0.05) is 0 Å². The monoisotopic (exact) mass is 312 g/mol. The van der Waals surface area contributed by atoms with E-state index in [0.29, 0.717) is 18.2 Å². The van der Waals surface area contributed by atoms with Gasteiger partial charge in [0.15, 0.2) is 5.16 Å². The summed E-state index contributed by atoms with van der Waals surface area (Å²) in [5.41, 5.74) is 0.140. The van der Waals surface area contributed by atoms with Crippen molar-refractivity contribution in [3.05, 3.63) is 39.8 Å². The van der Waals surface area contributed by atoms with Gasteiger partial charge in [0, 0.05) is 19.6 Å². The molecule has 0 atom stereocenters. The van der Waals surface area contributed by atoms with E-state index in [4.69, 9.17) is 0 Å². The van der Waals surface area contributed by atoms with E-state index in [0.717, 1.165) is 24.6 Å². The maximum Gasteiger partial charge on any atom is 0.343 e. The van der Waals surface area contributed by atoms with E-state index in [-0.39, 0.29) is 10.1 Å². The van der Waals surface area contributed by atoms with Crippen LogP contribution in [0.2, 0.25) is 0 Å². The summed E-state index contributed by atoms with van der Waals surface area (Å²) >= 11 is 0.784. The molecule has 0 amide bonds. The third-order valence-corrected chi connectivity index (χ3v) is 4.40. The molecule has 0 spiro atoms. The molecular weight excluding hydrogens is 298 g/mol. The van der Waals surface area contributed by atoms with E-state index >= 15 is 0 Å². The van der Waals surface area contributed by atoms with E-state index in [9.17, 15) is 13.6 Å². The fraction of sp³-hybridized carbons (Fsp3) is 0.385. The number of aromatic nitrogens is 3. The summed E-state index contributed by atoms with van der Waals surface area (Å²) in [4.78, 5) is 11.1. The Balaban J connectivity index is 1.81. The summed E-state index contributed by atoms with van der Waals surface area (Å²) in [6, 6.07) is 3.10. The Morgan fingerprint density at radius 2 is 2.10 bits per heavy atom. The molecule has 0 unspecified atom stereocenters. The van der Waals surface area contributed by atoms with Crippen LogP contribution in [0.15, 0.2) is 27.0 Å². The van der Waals surface area contributed by atoms with E-state index in [1.54, 1.807) is 0 Å². The lowest BCUT2D eigenvalue weighted by atomic mass is 10.2. The minimum atomic E-state index is -0.650. The van der Waals surface area contributed by atoms with Gasteiger partial charge >= 0.3 is 5.69 Å². The van der Waals surface area contributed by atoms with Gasteiger partial charge in [-0.2, -0.15) is 0 Å². The van der Waals surface area contributed by atoms with Crippen LogP contribution in [0, 0.1) is 11.6 Å². The second-order valence-corrected chi connectivity index (χ2v) is 5.99. The van der Waals surface area contributed by atoms with Crippen LogP contribution < -0.4 is 11.0 Å². The zero-order valence-electron chi connectivity index (χ0n) is 11.3. The van der Waals surface area contributed by atoms with Crippen LogP contribution >= 0.6 is 11.8 Å². The number of nitrogens with one attached hydrogen (secondary N) is 2. The number of hydrogen-bond donors (Lipinski definition) is 2. The molecule has 1 fully saturated rings. The molecule has 1 aromatic heterocycles. The maximum absolute atomic E-state index is 14.1. The SMILES string of the molecule is Cn1c(Sc2c(F)cc(CNC3CC3)cc2F)n[nH]c1=O. The van der Waals surface area contributed by atoms with Gasteiger partial charge in [0.2, 0.25) is 0 Å². The Bertz CT molecular complexity index is 700. The smallest absolute Gasteiger partial charge is 0.310 e. The number of aromatic amines is 1. The van der Waals surface area contributed by atoms with E-state index in [1.165, 1.54) is 23.7 Å². The predicted molar refractivity (Wildman–Crippen MR) is 74.2 cm³/mol. The zero-order chi connectivity index (χ0) is 15.0. The van der Waals surface area contributed by atoms with Crippen molar-refractivity contribution in [2.75, 3.05) is 0 Å². The Morgan fingerprint density at radius 1 is 1.43 bits per heavy atom. The van der Waals surface area contributed by atoms with E-state index < -0.39 is 17.3 Å². The van der Waals surface area contributed by atoms with Crippen molar-refractivity contribution in [1.82, 2.24) is 20.1 Å². The summed E-state index contributed by atoms with van der Waals surface area (Å²) in [6.45, 7) is 0.449. The first-order valence-electron chi connectivity index (χ1n) is 6.55. The second-order valence-electron chi connectivity index (χ2n) is 5.02. The van der Waals surface area contributed by atoms with Gasteiger partial charge in [0.1, 0.15) is 11.6 Å². The molecule has 8 heteroatoms. The molecule has 0 aliphatic heterocycles. The van der Waals surface area contributed by atoms with Gasteiger partial charge < -0.3 is 5.32 Å². The lowest BCUT2D eigenvalue weighted by molar-refractivity contribution is 0.533. The largest absolute Gasteiger partial charge is 0.343 e. The third kappa shape index (κ3) is 3.16. The number of benzene rings is 1. The summed E-state index contributed by atoms with van der Waals surface area (Å²) in [7, 11) is 1.48. The molecule has 1 aliphatic carbocycles. The minimum absolute atomic E-state index is 0.160. The van der Waals surface area contributed by atoms with Crippen molar-refractivity contribution < 1.29 is 8.78 Å². The highest BCUT2D eigenvalue weighted by molar-refractivity contribution is 7.99. The summed E-state index contributed by atoms with van der Waals surface area (Å²) in [5, 5.41) is 9.37. The molecule has 0 radical (unpaired) electrons. The Kier molecular flexibility index (Phi) is 3.81. The average Bonchev–Trinajstić information content (AvgIpc) is 3.21. The lowest BCUT2D eigenvalue weighted by Gasteiger charge is -2.08. The molecule has 1 aromatic carbocycles. The number of halogens is 2. The van der Waals surface area contributed by atoms with Crippen LogP contribution in [0.5, 0.6) is 0 Å². The van der Waals surface area contributed by atoms with Crippen LogP contribution in [-0.2, 0) is 13.6 Å². The van der Waals surface area contributed by atoms with Crippen LogP contribution in [0.1, 0.15) is 18.4 Å². The summed E-state index contributed by atoms with van der Waals surface area (Å²) in [5.74, 6) is -1.30. The molecule has 21 heavy (non-hydrogen) atoms. The molecule has 2 aromatic rings. The van der Waals surface area contributed by atoms with Crippen molar-refractivity contribution >= 4 is 11.8 Å². The van der Waals surface area contributed by atoms with Crippen molar-refractivity contribution in [1.29, 1.82) is 0 Å². The molecule has 0 saturated heterocycles. The van der Waals surface area contributed by atoms with Crippen LogP contribution in [0.25, 0.3) is 0 Å². The first-order valence-corrected chi connectivity index (χ1v) is 7.37. The first kappa shape index (κ1) is 14.3. The second kappa shape index (κ2) is 5.61. The number of nitrogens with zero attached hydrogens (tertiary/aromatic N) is 2. The Labute approximate surface area is 123 Å². The molecule has 0 bridgehead atoms. The predicted octanol–water partition coefficient (Wildman–Crippen LogP) is 1.79. The summed E-state index contributed by atoms with van der Waals surface area (Å²) in [6.07, 6.45) is 2.23. The highest BCUT2D eigenvalue weighted by Gasteiger charge is 2.21. The van der Waals surface area contributed by atoms with E-state index in [1.807, 2.05) is 0 Å². The molecular formula is C13H14F2N4OS. The first-order chi connectivity index (χ1) is 10.0. The standard InChI is InChI=1S/C13H14F2N4OS/c1-19-12(20)17-18-13(19)21-11-9(14)4-7(5-10(11)15)6-16-8-2-3-8/h4-5,8,16H,2-3,6H2,1H3,(H,17,20). The van der Waals surface area contributed by atoms with Gasteiger partial charge in [0.05, 0.1) is 4.90 Å². The fourth-order valence-electron chi connectivity index (χ4n) is 1.88. The molecule has 5 nitrogen and oxygen atoms in total. The number of H-pyrrole nitrogens is 1. The van der Waals surface area contributed by atoms with Gasteiger partial charge in [-0.05, 0) is 42.3 Å². The maximum atomic E-state index is 14.1. The average molecular weight is 312 g/mol. The third-order valence-electron chi connectivity index (χ3n) is 3.26. The van der Waals surface area contributed by atoms with E-state index in [2.05, 4.69) is 15.5 Å². The quantitative estimate of drug-likeness (QED) is 0.883. The normalized spacial score (nSPS) is 14.6. The Hall–Kier alpha value is -1.67. The lowest BCUT2D eigenvalue weighted by Crippen LogP contribution is -2.15. The van der Waals surface area contributed by atoms with Crippen LogP contribution in [0.3, 0.4) is 0 Å². The van der Waals surface area contributed by atoms with Crippen molar-refractivity contribution in [3.8, 4) is 0 Å². The highest BCUT2D eigenvalue weighted by atomic mass is 32.2. The van der Waals surface area contributed by atoms with Gasteiger partial charge in [0.25, 0.3) is 0 Å². The van der Waals surface area contributed by atoms with Gasteiger partial charge in [-0.15, -0.1) is 5.10 Å². The van der Waals surface area contributed by atoms with Gasteiger partial charge in [-0.3, -0.25) is 4.57 Å². The minimum Gasteiger partial charge on any atom is -0.310 e. The van der Waals surface area contributed by atoms with Crippen molar-refractivity contribution in [3.63, 3.8) is 0 Å². The molecule has 1 heterocycles. The van der Waals surface area contributed by atoms with Gasteiger partial charge in [-0.25, -0.2) is 18.7 Å². The number of hydrogen-bond acceptors (Lipinski definition) is 4. The molecule has 112 valence electrons. The highest BCUT2D eigenvalue weighted by Crippen LogP contribution is 2.31. The molecule has 1 saturated carbocycles. The Morgan fingerprint density at radius 3 is 2.62 bits per heavy atom. The molecule has 3 rings (SSSR count). The summed E-state index contributed by atoms with van der Waals surface area (Å²) < 4.78 is 29.3.